The molecule has 9 nitrogen and oxygen atoms in total. The van der Waals surface area contributed by atoms with E-state index in [9.17, 15) is 23.0 Å². The molecule has 214 valence electrons. The molecule has 2 N–H and O–H groups in total. The van der Waals surface area contributed by atoms with E-state index in [-0.39, 0.29) is 24.6 Å². The zero-order chi connectivity index (χ0) is 28.8. The van der Waals surface area contributed by atoms with Gasteiger partial charge in [0.25, 0.3) is 0 Å². The van der Waals surface area contributed by atoms with Gasteiger partial charge in [0.1, 0.15) is 11.7 Å². The van der Waals surface area contributed by atoms with E-state index in [4.69, 9.17) is 9.88 Å². The summed E-state index contributed by atoms with van der Waals surface area (Å²) >= 11 is 0. The van der Waals surface area contributed by atoms with Gasteiger partial charge in [0.15, 0.2) is 11.6 Å². The van der Waals surface area contributed by atoms with Gasteiger partial charge < -0.3 is 10.2 Å². The number of alkyl halides is 1. The molecule has 3 atom stereocenters. The first-order chi connectivity index (χ1) is 19.7. The summed E-state index contributed by atoms with van der Waals surface area (Å²) in [7, 11) is -2.51. The number of hydrogen-bond donors (Lipinski definition) is 2. The predicted octanol–water partition coefficient (Wildman–Crippen LogP) is 4.33. The number of rotatable bonds is 6. The van der Waals surface area contributed by atoms with Crippen LogP contribution in [0.3, 0.4) is 0 Å². The summed E-state index contributed by atoms with van der Waals surface area (Å²) in [6.07, 6.45) is 3.86. The highest BCUT2D eigenvalue weighted by Crippen LogP contribution is 2.44. The number of pyridine rings is 1. The SMILES string of the molecule is N#CC1(NC(=O)[C@@H]2C[C@@H](F)CC[C@H]2c2nn(-c3ncccc3F)cc2-c2ccc(N3CCS(=N)(=O)CC3)cc2)CC1. The number of benzene rings is 1. The van der Waals surface area contributed by atoms with Crippen molar-refractivity contribution in [2.24, 2.45) is 5.92 Å². The smallest absolute Gasteiger partial charge is 0.225 e. The van der Waals surface area contributed by atoms with Crippen molar-refractivity contribution in [3.8, 4) is 23.0 Å². The summed E-state index contributed by atoms with van der Waals surface area (Å²) in [5.74, 6) is -1.40. The Morgan fingerprint density at radius 3 is 2.56 bits per heavy atom. The summed E-state index contributed by atoms with van der Waals surface area (Å²) in [4.78, 5) is 19.7. The molecular weight excluding hydrogens is 548 g/mol. The van der Waals surface area contributed by atoms with Crippen LogP contribution in [0.5, 0.6) is 0 Å². The molecule has 1 aliphatic heterocycles. The summed E-state index contributed by atoms with van der Waals surface area (Å²) in [5, 5.41) is 17.1. The van der Waals surface area contributed by atoms with Gasteiger partial charge in [-0.05, 0) is 61.9 Å². The minimum absolute atomic E-state index is 0.0190. The number of aromatic nitrogens is 3. The lowest BCUT2D eigenvalue weighted by atomic mass is 9.74. The van der Waals surface area contributed by atoms with Crippen molar-refractivity contribution in [3.63, 3.8) is 0 Å². The normalized spacial score (nSPS) is 24.8. The number of nitriles is 1. The second-order valence-corrected chi connectivity index (χ2v) is 13.7. The van der Waals surface area contributed by atoms with Crippen LogP contribution in [-0.2, 0) is 14.5 Å². The number of nitrogens with one attached hydrogen (secondary N) is 2. The minimum Gasteiger partial charge on any atom is -0.370 e. The molecule has 41 heavy (non-hydrogen) atoms. The monoisotopic (exact) mass is 579 g/mol. The van der Waals surface area contributed by atoms with Crippen LogP contribution in [0.15, 0.2) is 48.8 Å². The number of carbonyl (C=O) groups excluding carboxylic acids is 1. The summed E-state index contributed by atoms with van der Waals surface area (Å²) in [5.41, 5.74) is 2.11. The van der Waals surface area contributed by atoms with Crippen LogP contribution >= 0.6 is 0 Å². The highest BCUT2D eigenvalue weighted by atomic mass is 32.2. The zero-order valence-corrected chi connectivity index (χ0v) is 23.2. The Balaban J connectivity index is 1.37. The average Bonchev–Trinajstić information content (AvgIpc) is 3.60. The maximum Gasteiger partial charge on any atom is 0.225 e. The Morgan fingerprint density at radius 2 is 1.90 bits per heavy atom. The molecule has 0 bridgehead atoms. The van der Waals surface area contributed by atoms with Gasteiger partial charge in [-0.2, -0.15) is 10.4 Å². The summed E-state index contributed by atoms with van der Waals surface area (Å²) in [6.45, 7) is 1.08. The Hall–Kier alpha value is -3.85. The number of nitrogens with zero attached hydrogens (tertiary/aromatic N) is 5. The molecule has 2 aliphatic carbocycles. The lowest BCUT2D eigenvalue weighted by Crippen LogP contribution is -2.44. The number of carbonyl (C=O) groups is 1. The van der Waals surface area contributed by atoms with Crippen LogP contribution in [0.25, 0.3) is 16.9 Å². The van der Waals surface area contributed by atoms with Crippen molar-refractivity contribution in [3.05, 3.63) is 60.3 Å². The Labute approximate surface area is 237 Å². The van der Waals surface area contributed by atoms with E-state index < -0.39 is 39.1 Å². The number of halogens is 2. The summed E-state index contributed by atoms with van der Waals surface area (Å²) < 4.78 is 50.7. The quantitative estimate of drug-likeness (QED) is 0.447. The molecular formula is C29H31F2N7O2S. The third kappa shape index (κ3) is 5.55. The second-order valence-electron chi connectivity index (χ2n) is 11.2. The topological polar surface area (TPSA) is 128 Å². The van der Waals surface area contributed by atoms with E-state index in [1.165, 1.54) is 23.0 Å². The molecule has 1 saturated heterocycles. The van der Waals surface area contributed by atoms with E-state index >= 15 is 0 Å². The van der Waals surface area contributed by atoms with Gasteiger partial charge >= 0.3 is 0 Å². The average molecular weight is 580 g/mol. The Kier molecular flexibility index (Phi) is 7.01. The number of anilines is 1. The molecule has 12 heteroatoms. The van der Waals surface area contributed by atoms with E-state index in [1.54, 1.807) is 6.20 Å². The van der Waals surface area contributed by atoms with Gasteiger partial charge in [0, 0.05) is 69.8 Å². The van der Waals surface area contributed by atoms with Crippen molar-refractivity contribution >= 4 is 21.3 Å². The maximum absolute atomic E-state index is 14.8. The second kappa shape index (κ2) is 10.5. The first kappa shape index (κ1) is 27.3. The van der Waals surface area contributed by atoms with E-state index in [0.29, 0.717) is 55.1 Å². The van der Waals surface area contributed by atoms with Gasteiger partial charge in [-0.15, -0.1) is 0 Å². The molecule has 3 heterocycles. The molecule has 1 aromatic carbocycles. The molecule has 0 unspecified atom stereocenters. The van der Waals surface area contributed by atoms with Crippen molar-refractivity contribution in [2.45, 2.75) is 49.7 Å². The fourth-order valence-electron chi connectivity index (χ4n) is 5.83. The van der Waals surface area contributed by atoms with Crippen LogP contribution in [0.1, 0.15) is 43.7 Å². The van der Waals surface area contributed by atoms with Gasteiger partial charge in [-0.25, -0.2) is 22.7 Å². The van der Waals surface area contributed by atoms with Crippen molar-refractivity contribution in [1.82, 2.24) is 20.1 Å². The molecule has 3 fully saturated rings. The molecule has 1 amide bonds. The lowest BCUT2D eigenvalue weighted by molar-refractivity contribution is -0.128. The van der Waals surface area contributed by atoms with Crippen molar-refractivity contribution < 1.29 is 17.8 Å². The van der Waals surface area contributed by atoms with Crippen molar-refractivity contribution in [1.29, 1.82) is 10.0 Å². The standard InChI is InChI=1S/C29H31F2N7O2S/c30-20-5-8-22(23(16-20)28(39)35-29(18-32)9-10-29)26-24(17-38(36-26)27-25(31)2-1-11-34-27)19-3-6-21(7-4-19)37-12-14-41(33,40)15-13-37/h1-4,6-7,11,17,20,22-23,33H,5,8-10,12-16H2,(H,35,39)/t20-,22+,23+/m0/s1. The highest BCUT2D eigenvalue weighted by Gasteiger charge is 2.48. The third-order valence-electron chi connectivity index (χ3n) is 8.42. The Morgan fingerprint density at radius 1 is 1.17 bits per heavy atom. The molecule has 3 aromatic rings. The van der Waals surface area contributed by atoms with E-state index in [0.717, 1.165) is 11.3 Å². The minimum atomic E-state index is -2.51. The van der Waals surface area contributed by atoms with Gasteiger partial charge in [0.2, 0.25) is 5.91 Å². The Bertz CT molecular complexity index is 1600. The van der Waals surface area contributed by atoms with Crippen LogP contribution in [0.4, 0.5) is 14.5 Å². The van der Waals surface area contributed by atoms with Gasteiger partial charge in [-0.3, -0.25) is 9.57 Å². The maximum atomic E-state index is 14.8. The van der Waals surface area contributed by atoms with Crippen LogP contribution in [0.2, 0.25) is 0 Å². The van der Waals surface area contributed by atoms with Crippen LogP contribution in [-0.4, -0.2) is 61.2 Å². The fraction of sp³-hybridized carbons (Fsp3) is 0.448. The summed E-state index contributed by atoms with van der Waals surface area (Å²) in [6, 6.07) is 12.7. The van der Waals surface area contributed by atoms with Crippen LogP contribution < -0.4 is 10.2 Å². The molecule has 0 radical (unpaired) electrons. The largest absolute Gasteiger partial charge is 0.370 e. The first-order valence-corrected chi connectivity index (χ1v) is 15.7. The highest BCUT2D eigenvalue weighted by molar-refractivity contribution is 7.92. The molecule has 2 aromatic heterocycles. The number of hydrogen-bond acceptors (Lipinski definition) is 7. The number of amides is 1. The molecule has 3 aliphatic rings. The fourth-order valence-corrected chi connectivity index (χ4v) is 7.07. The van der Waals surface area contributed by atoms with Crippen LogP contribution in [0, 0.1) is 27.8 Å². The molecule has 2 saturated carbocycles. The van der Waals surface area contributed by atoms with Gasteiger partial charge in [-0.1, -0.05) is 12.1 Å². The van der Waals surface area contributed by atoms with E-state index in [2.05, 4.69) is 21.3 Å². The predicted molar refractivity (Wildman–Crippen MR) is 150 cm³/mol. The third-order valence-corrected chi connectivity index (χ3v) is 10.1. The molecule has 6 rings (SSSR count). The van der Waals surface area contributed by atoms with Gasteiger partial charge in [0.05, 0.1) is 11.8 Å². The zero-order valence-electron chi connectivity index (χ0n) is 22.4. The molecule has 0 spiro atoms. The van der Waals surface area contributed by atoms with Crippen molar-refractivity contribution in [2.75, 3.05) is 29.5 Å². The van der Waals surface area contributed by atoms with E-state index in [1.807, 2.05) is 24.3 Å². The lowest BCUT2D eigenvalue weighted by Gasteiger charge is -2.32. The first-order valence-electron chi connectivity index (χ1n) is 13.8.